The molecule has 2 aliphatic rings. The van der Waals surface area contributed by atoms with Crippen molar-refractivity contribution >= 4 is 17.6 Å². The van der Waals surface area contributed by atoms with Crippen molar-refractivity contribution in [2.75, 3.05) is 5.32 Å². The highest BCUT2D eigenvalue weighted by Gasteiger charge is 2.53. The molecule has 0 radical (unpaired) electrons. The fourth-order valence-corrected chi connectivity index (χ4v) is 2.71. The Hall–Kier alpha value is -2.21. The van der Waals surface area contributed by atoms with Gasteiger partial charge in [-0.05, 0) is 18.2 Å². The number of anilines is 1. The predicted octanol–water partition coefficient (Wildman–Crippen LogP) is 1.42. The number of rotatable bonds is 3. The minimum Gasteiger partial charge on any atom is -0.481 e. The molecule has 0 unspecified atom stereocenters. The van der Waals surface area contributed by atoms with Crippen molar-refractivity contribution in [2.45, 2.75) is 12.2 Å². The summed E-state index contributed by atoms with van der Waals surface area (Å²) in [7, 11) is 0. The number of hydrogen-bond donors (Lipinski definition) is 2. The third-order valence-electron chi connectivity index (χ3n) is 3.58. The first kappa shape index (κ1) is 12.8. The number of carbonyl (C=O) groups is 2. The maximum atomic E-state index is 13.1. The predicted molar refractivity (Wildman–Crippen MR) is 67.4 cm³/mol. The minimum absolute atomic E-state index is 0.297. The molecule has 2 bridgehead atoms. The van der Waals surface area contributed by atoms with Crippen molar-refractivity contribution in [2.24, 2.45) is 11.8 Å². The van der Waals surface area contributed by atoms with Crippen LogP contribution >= 0.6 is 0 Å². The number of nitrogens with one attached hydrogen (secondary N) is 1. The van der Waals surface area contributed by atoms with Gasteiger partial charge in [0.15, 0.2) is 0 Å². The standard InChI is InChI=1S/C14H12FNO4/c15-7-2-1-3-8(6-7)16-13(17)11-9-4-5-10(20-9)12(11)14(18)19/h1-6,9-12H,(H,16,17)(H,18,19)/t9-,10-,11-,12+/m1/s1. The molecule has 20 heavy (non-hydrogen) atoms. The Morgan fingerprint density at radius 3 is 2.55 bits per heavy atom. The first-order valence-corrected chi connectivity index (χ1v) is 6.19. The van der Waals surface area contributed by atoms with Crippen LogP contribution in [0.3, 0.4) is 0 Å². The Labute approximate surface area is 114 Å². The molecule has 1 saturated heterocycles. The van der Waals surface area contributed by atoms with Crippen molar-refractivity contribution in [3.8, 4) is 0 Å². The highest BCUT2D eigenvalue weighted by Crippen LogP contribution is 2.39. The van der Waals surface area contributed by atoms with Crippen LogP contribution in [-0.4, -0.2) is 29.2 Å². The van der Waals surface area contributed by atoms with E-state index in [0.717, 1.165) is 0 Å². The third kappa shape index (κ3) is 2.08. The van der Waals surface area contributed by atoms with Gasteiger partial charge in [0.25, 0.3) is 0 Å². The van der Waals surface area contributed by atoms with Crippen LogP contribution in [0, 0.1) is 17.7 Å². The number of hydrogen-bond acceptors (Lipinski definition) is 3. The van der Waals surface area contributed by atoms with Crippen LogP contribution < -0.4 is 5.32 Å². The van der Waals surface area contributed by atoms with Gasteiger partial charge in [-0.1, -0.05) is 18.2 Å². The summed E-state index contributed by atoms with van der Waals surface area (Å²) in [5.74, 6) is -3.72. The van der Waals surface area contributed by atoms with E-state index in [1.54, 1.807) is 18.2 Å². The molecule has 0 spiro atoms. The van der Waals surface area contributed by atoms with Gasteiger partial charge in [0.05, 0.1) is 18.1 Å². The smallest absolute Gasteiger partial charge is 0.310 e. The van der Waals surface area contributed by atoms with Gasteiger partial charge in [0.2, 0.25) is 5.91 Å². The van der Waals surface area contributed by atoms with Gasteiger partial charge in [-0.25, -0.2) is 4.39 Å². The molecule has 2 N–H and O–H groups in total. The zero-order chi connectivity index (χ0) is 14.3. The van der Waals surface area contributed by atoms with Crippen LogP contribution in [0.4, 0.5) is 10.1 Å². The Kier molecular flexibility index (Phi) is 3.02. The van der Waals surface area contributed by atoms with Crippen LogP contribution in [0.5, 0.6) is 0 Å². The lowest BCUT2D eigenvalue weighted by Gasteiger charge is -2.20. The lowest BCUT2D eigenvalue weighted by Crippen LogP contribution is -2.39. The summed E-state index contributed by atoms with van der Waals surface area (Å²) in [4.78, 5) is 23.5. The number of carboxylic acids is 1. The SMILES string of the molecule is O=C(O)[C@@H]1[C@H](C(=O)Nc2cccc(F)c2)[C@H]2C=C[C@H]1O2. The number of carboxylic acid groups (broad SMARTS) is 1. The average Bonchev–Trinajstić information content (AvgIpc) is 2.98. The Balaban J connectivity index is 1.80. The number of carbonyl (C=O) groups excluding carboxylic acids is 1. The molecule has 4 atom stereocenters. The van der Waals surface area contributed by atoms with E-state index in [4.69, 9.17) is 4.74 Å². The van der Waals surface area contributed by atoms with Crippen LogP contribution in [0.1, 0.15) is 0 Å². The Bertz CT molecular complexity index is 601. The molecule has 0 saturated carbocycles. The summed E-state index contributed by atoms with van der Waals surface area (Å²) in [5.41, 5.74) is 0.297. The average molecular weight is 277 g/mol. The first-order chi connectivity index (χ1) is 9.56. The lowest BCUT2D eigenvalue weighted by molar-refractivity contribution is -0.145. The molecule has 1 aromatic rings. The first-order valence-electron chi connectivity index (χ1n) is 6.19. The van der Waals surface area contributed by atoms with E-state index in [2.05, 4.69) is 5.32 Å². The van der Waals surface area contributed by atoms with Gasteiger partial charge < -0.3 is 15.2 Å². The molecule has 1 aromatic carbocycles. The van der Waals surface area contributed by atoms with Crippen LogP contribution in [0.2, 0.25) is 0 Å². The highest BCUT2D eigenvalue weighted by atomic mass is 19.1. The molecule has 104 valence electrons. The third-order valence-corrected chi connectivity index (χ3v) is 3.58. The summed E-state index contributed by atoms with van der Waals surface area (Å²) < 4.78 is 18.5. The number of ether oxygens (including phenoxy) is 1. The molecular weight excluding hydrogens is 265 g/mol. The Morgan fingerprint density at radius 2 is 1.90 bits per heavy atom. The normalized spacial score (nSPS) is 30.4. The van der Waals surface area contributed by atoms with Crippen LogP contribution in [-0.2, 0) is 14.3 Å². The highest BCUT2D eigenvalue weighted by molar-refractivity contribution is 5.96. The van der Waals surface area contributed by atoms with Crippen molar-refractivity contribution in [3.05, 3.63) is 42.2 Å². The summed E-state index contributed by atoms with van der Waals surface area (Å²) >= 11 is 0. The molecule has 1 amide bonds. The second-order valence-corrected chi connectivity index (χ2v) is 4.84. The second kappa shape index (κ2) is 4.72. The molecule has 5 nitrogen and oxygen atoms in total. The molecule has 1 fully saturated rings. The maximum Gasteiger partial charge on any atom is 0.310 e. The molecule has 2 aliphatic heterocycles. The van der Waals surface area contributed by atoms with E-state index in [9.17, 15) is 19.1 Å². The molecule has 0 aromatic heterocycles. The number of aliphatic carboxylic acids is 1. The molecular formula is C14H12FNO4. The van der Waals surface area contributed by atoms with Gasteiger partial charge in [-0.15, -0.1) is 0 Å². The zero-order valence-electron chi connectivity index (χ0n) is 10.3. The van der Waals surface area contributed by atoms with Gasteiger partial charge in [0.1, 0.15) is 11.7 Å². The molecule has 2 heterocycles. The van der Waals surface area contributed by atoms with Gasteiger partial charge in [-0.2, -0.15) is 0 Å². The van der Waals surface area contributed by atoms with Crippen LogP contribution in [0.25, 0.3) is 0 Å². The van der Waals surface area contributed by atoms with Crippen molar-refractivity contribution in [1.82, 2.24) is 0 Å². The van der Waals surface area contributed by atoms with Crippen molar-refractivity contribution < 1.29 is 23.8 Å². The monoisotopic (exact) mass is 277 g/mol. The number of amides is 1. The topological polar surface area (TPSA) is 75.6 Å². The number of fused-ring (bicyclic) bond motifs is 2. The van der Waals surface area contributed by atoms with E-state index in [1.807, 2.05) is 0 Å². The van der Waals surface area contributed by atoms with E-state index in [1.165, 1.54) is 18.2 Å². The van der Waals surface area contributed by atoms with E-state index in [-0.39, 0.29) is 0 Å². The largest absolute Gasteiger partial charge is 0.481 e. The molecule has 0 aliphatic carbocycles. The fraction of sp³-hybridized carbons (Fsp3) is 0.286. The van der Waals surface area contributed by atoms with Gasteiger partial charge >= 0.3 is 5.97 Å². The van der Waals surface area contributed by atoms with Gasteiger partial charge in [0, 0.05) is 5.69 Å². The van der Waals surface area contributed by atoms with Gasteiger partial charge in [-0.3, -0.25) is 9.59 Å². The summed E-state index contributed by atoms with van der Waals surface area (Å²) in [6.45, 7) is 0. The van der Waals surface area contributed by atoms with Crippen molar-refractivity contribution in [3.63, 3.8) is 0 Å². The Morgan fingerprint density at radius 1 is 1.20 bits per heavy atom. The zero-order valence-corrected chi connectivity index (χ0v) is 10.3. The lowest BCUT2D eigenvalue weighted by atomic mass is 9.82. The quantitative estimate of drug-likeness (QED) is 0.819. The molecule has 6 heteroatoms. The van der Waals surface area contributed by atoms with E-state index in [0.29, 0.717) is 5.69 Å². The molecule has 3 rings (SSSR count). The summed E-state index contributed by atoms with van der Waals surface area (Å²) in [5, 5.41) is 11.7. The second-order valence-electron chi connectivity index (χ2n) is 4.84. The summed E-state index contributed by atoms with van der Waals surface area (Å²) in [6, 6.07) is 5.45. The van der Waals surface area contributed by atoms with Crippen LogP contribution in [0.15, 0.2) is 36.4 Å². The van der Waals surface area contributed by atoms with E-state index < -0.39 is 41.7 Å². The van der Waals surface area contributed by atoms with E-state index >= 15 is 0 Å². The van der Waals surface area contributed by atoms with Crippen molar-refractivity contribution in [1.29, 1.82) is 0 Å². The number of benzene rings is 1. The minimum atomic E-state index is -1.07. The maximum absolute atomic E-state index is 13.1. The fourth-order valence-electron chi connectivity index (χ4n) is 2.71. The summed E-state index contributed by atoms with van der Waals surface area (Å²) in [6.07, 6.45) is 2.26. The number of halogens is 1.